The Labute approximate surface area is 158 Å². The maximum atomic E-state index is 13.7. The molecule has 27 heavy (non-hydrogen) atoms. The topological polar surface area (TPSA) is 71.1 Å². The van der Waals surface area contributed by atoms with E-state index in [1.54, 1.807) is 24.3 Å². The summed E-state index contributed by atoms with van der Waals surface area (Å²) in [6.07, 6.45) is 0. The quantitative estimate of drug-likeness (QED) is 0.691. The molecule has 0 saturated heterocycles. The molecular weight excluding hydrogens is 376 g/mol. The van der Waals surface area contributed by atoms with E-state index in [2.05, 4.69) is 15.6 Å². The molecule has 0 bridgehead atoms. The van der Waals surface area contributed by atoms with Gasteiger partial charge >= 0.3 is 0 Å². The van der Waals surface area contributed by atoms with Gasteiger partial charge in [-0.15, -0.1) is 0 Å². The summed E-state index contributed by atoms with van der Waals surface area (Å²) in [6.45, 7) is 0. The van der Waals surface area contributed by atoms with Crippen molar-refractivity contribution in [3.63, 3.8) is 0 Å². The largest absolute Gasteiger partial charge is 0.319 e. The summed E-state index contributed by atoms with van der Waals surface area (Å²) in [7, 11) is 0. The number of nitrogens with zero attached hydrogens (tertiary/aromatic N) is 1. The highest BCUT2D eigenvalue weighted by atomic mass is 35.5. The van der Waals surface area contributed by atoms with Gasteiger partial charge in [0.05, 0.1) is 16.4 Å². The number of halogens is 3. The first-order chi connectivity index (χ1) is 12.9. The van der Waals surface area contributed by atoms with Crippen LogP contribution in [0.1, 0.15) is 21.0 Å². The van der Waals surface area contributed by atoms with E-state index in [1.807, 2.05) is 0 Å². The number of nitrogens with one attached hydrogen (secondary N) is 2. The summed E-state index contributed by atoms with van der Waals surface area (Å²) >= 11 is 5.99. The van der Waals surface area contributed by atoms with Crippen molar-refractivity contribution in [3.05, 3.63) is 88.7 Å². The fraction of sp³-hybridized carbons (Fsp3) is 0. The predicted molar refractivity (Wildman–Crippen MR) is 98.0 cm³/mol. The molecule has 0 aliphatic heterocycles. The lowest BCUT2D eigenvalue weighted by molar-refractivity contribution is 0.101. The summed E-state index contributed by atoms with van der Waals surface area (Å²) in [6, 6.07) is 13.7. The Balaban J connectivity index is 1.77. The van der Waals surface area contributed by atoms with Crippen LogP contribution in [0.5, 0.6) is 0 Å². The SMILES string of the molecule is O=C(Nc1ccc(F)cc1F)c1cccc(C(=O)Nc2ccccc2Cl)n1. The normalized spacial score (nSPS) is 10.3. The van der Waals surface area contributed by atoms with Crippen LogP contribution in [0.4, 0.5) is 20.2 Å². The molecule has 0 atom stereocenters. The lowest BCUT2D eigenvalue weighted by Gasteiger charge is -2.09. The number of pyridine rings is 1. The first kappa shape index (κ1) is 18.5. The second-order valence-electron chi connectivity index (χ2n) is 5.42. The standard InChI is InChI=1S/C19H12ClF2N3O2/c20-12-4-1-2-5-14(12)24-18(26)16-6-3-7-17(23-16)19(27)25-15-9-8-11(21)10-13(15)22/h1-10H,(H,24,26)(H,25,27). The number of hydrogen-bond donors (Lipinski definition) is 2. The summed E-state index contributed by atoms with van der Waals surface area (Å²) in [5, 5.41) is 5.23. The molecule has 1 heterocycles. The number of carbonyl (C=O) groups is 2. The van der Waals surface area contributed by atoms with Crippen LogP contribution in [0.25, 0.3) is 0 Å². The molecule has 1 aromatic heterocycles. The van der Waals surface area contributed by atoms with Crippen molar-refractivity contribution < 1.29 is 18.4 Å². The second kappa shape index (κ2) is 7.92. The van der Waals surface area contributed by atoms with Crippen LogP contribution in [0.15, 0.2) is 60.7 Å². The molecular formula is C19H12ClF2N3O2. The van der Waals surface area contributed by atoms with Crippen molar-refractivity contribution in [1.29, 1.82) is 0 Å². The number of aromatic nitrogens is 1. The van der Waals surface area contributed by atoms with Crippen LogP contribution in [-0.2, 0) is 0 Å². The lowest BCUT2D eigenvalue weighted by Crippen LogP contribution is -2.19. The van der Waals surface area contributed by atoms with Gasteiger partial charge in [-0.3, -0.25) is 9.59 Å². The van der Waals surface area contributed by atoms with Crippen molar-refractivity contribution in [2.45, 2.75) is 0 Å². The second-order valence-corrected chi connectivity index (χ2v) is 5.83. The van der Waals surface area contributed by atoms with Crippen molar-refractivity contribution in [2.75, 3.05) is 10.6 Å². The van der Waals surface area contributed by atoms with Gasteiger partial charge in [0.25, 0.3) is 11.8 Å². The Bertz CT molecular complexity index is 1030. The molecule has 0 aliphatic carbocycles. The Morgan fingerprint density at radius 1 is 0.815 bits per heavy atom. The Hall–Kier alpha value is -3.32. The number of rotatable bonds is 4. The lowest BCUT2D eigenvalue weighted by atomic mass is 10.2. The molecule has 136 valence electrons. The predicted octanol–water partition coefficient (Wildman–Crippen LogP) is 4.52. The zero-order chi connectivity index (χ0) is 19.4. The molecule has 0 aliphatic rings. The number of anilines is 2. The first-order valence-corrected chi connectivity index (χ1v) is 8.11. The molecule has 0 unspecified atom stereocenters. The molecule has 8 heteroatoms. The summed E-state index contributed by atoms with van der Waals surface area (Å²) < 4.78 is 26.6. The van der Waals surface area contributed by atoms with Crippen molar-refractivity contribution in [1.82, 2.24) is 4.98 Å². The Morgan fingerprint density at radius 3 is 2.07 bits per heavy atom. The maximum absolute atomic E-state index is 13.7. The highest BCUT2D eigenvalue weighted by Crippen LogP contribution is 2.21. The Kier molecular flexibility index (Phi) is 5.42. The van der Waals surface area contributed by atoms with E-state index >= 15 is 0 Å². The van der Waals surface area contributed by atoms with E-state index in [1.165, 1.54) is 18.2 Å². The van der Waals surface area contributed by atoms with Crippen LogP contribution in [0, 0.1) is 11.6 Å². The zero-order valence-corrected chi connectivity index (χ0v) is 14.4. The van der Waals surface area contributed by atoms with Gasteiger partial charge in [-0.2, -0.15) is 0 Å². The van der Waals surface area contributed by atoms with Gasteiger partial charge in [0.2, 0.25) is 0 Å². The highest BCUT2D eigenvalue weighted by molar-refractivity contribution is 6.33. The smallest absolute Gasteiger partial charge is 0.274 e. The fourth-order valence-corrected chi connectivity index (χ4v) is 2.40. The van der Waals surface area contributed by atoms with Crippen molar-refractivity contribution in [2.24, 2.45) is 0 Å². The average Bonchev–Trinajstić information content (AvgIpc) is 2.66. The Morgan fingerprint density at radius 2 is 1.44 bits per heavy atom. The van der Waals surface area contributed by atoms with Gasteiger partial charge in [-0.25, -0.2) is 13.8 Å². The fourth-order valence-electron chi connectivity index (χ4n) is 2.21. The molecule has 0 fully saturated rings. The third-order valence-electron chi connectivity index (χ3n) is 3.52. The average molecular weight is 388 g/mol. The van der Waals surface area contributed by atoms with Gasteiger partial charge in [-0.1, -0.05) is 29.8 Å². The van der Waals surface area contributed by atoms with Crippen LogP contribution in [0.2, 0.25) is 5.02 Å². The van der Waals surface area contributed by atoms with Crippen LogP contribution in [0.3, 0.4) is 0 Å². The van der Waals surface area contributed by atoms with Gasteiger partial charge in [0, 0.05) is 6.07 Å². The summed E-state index contributed by atoms with van der Waals surface area (Å²) in [5.41, 5.74) is 0.0657. The number of para-hydroxylation sites is 1. The van der Waals surface area contributed by atoms with Crippen LogP contribution in [-0.4, -0.2) is 16.8 Å². The molecule has 3 rings (SSSR count). The number of hydrogen-bond acceptors (Lipinski definition) is 3. The van der Waals surface area contributed by atoms with Crippen LogP contribution < -0.4 is 10.6 Å². The minimum absolute atomic E-state index is 0.0258. The molecule has 2 N–H and O–H groups in total. The molecule has 0 spiro atoms. The number of amides is 2. The van der Waals surface area contributed by atoms with Gasteiger partial charge < -0.3 is 10.6 Å². The molecule has 0 radical (unpaired) electrons. The van der Waals surface area contributed by atoms with Crippen molar-refractivity contribution in [3.8, 4) is 0 Å². The van der Waals surface area contributed by atoms with Crippen molar-refractivity contribution >= 4 is 34.8 Å². The molecule has 3 aromatic rings. The van der Waals surface area contributed by atoms with E-state index in [0.29, 0.717) is 16.8 Å². The monoisotopic (exact) mass is 387 g/mol. The summed E-state index contributed by atoms with van der Waals surface area (Å²) in [4.78, 5) is 28.6. The minimum Gasteiger partial charge on any atom is -0.319 e. The highest BCUT2D eigenvalue weighted by Gasteiger charge is 2.15. The molecule has 2 aromatic carbocycles. The minimum atomic E-state index is -0.920. The summed E-state index contributed by atoms with van der Waals surface area (Å²) in [5.74, 6) is -2.99. The third-order valence-corrected chi connectivity index (χ3v) is 3.85. The number of benzene rings is 2. The van der Waals surface area contributed by atoms with Gasteiger partial charge in [0.15, 0.2) is 0 Å². The molecule has 5 nitrogen and oxygen atoms in total. The van der Waals surface area contributed by atoms with E-state index < -0.39 is 23.4 Å². The zero-order valence-electron chi connectivity index (χ0n) is 13.7. The maximum Gasteiger partial charge on any atom is 0.274 e. The first-order valence-electron chi connectivity index (χ1n) is 7.73. The van der Waals surface area contributed by atoms with Gasteiger partial charge in [-0.05, 0) is 36.4 Å². The van der Waals surface area contributed by atoms with E-state index in [9.17, 15) is 18.4 Å². The third kappa shape index (κ3) is 4.45. The van der Waals surface area contributed by atoms with E-state index in [-0.39, 0.29) is 17.1 Å². The molecule has 2 amide bonds. The van der Waals surface area contributed by atoms with E-state index in [4.69, 9.17) is 11.6 Å². The number of carbonyl (C=O) groups excluding carboxylic acids is 2. The van der Waals surface area contributed by atoms with Gasteiger partial charge in [0.1, 0.15) is 23.0 Å². The van der Waals surface area contributed by atoms with E-state index in [0.717, 1.165) is 12.1 Å². The van der Waals surface area contributed by atoms with Crippen LogP contribution >= 0.6 is 11.6 Å². The molecule has 0 saturated carbocycles.